The Morgan fingerprint density at radius 1 is 0.556 bits per heavy atom. The molecule has 0 radical (unpaired) electrons. The molecular weight excluding hydrogens is 352 g/mol. The molecule has 0 aromatic heterocycles. The Bertz CT molecular complexity index is 424. The summed E-state index contributed by atoms with van der Waals surface area (Å²) in [4.78, 5) is 0. The first kappa shape index (κ1) is 13.8. The first-order valence-electron chi connectivity index (χ1n) is 6.23. The van der Waals surface area contributed by atoms with Gasteiger partial charge in [-0.3, -0.25) is 0 Å². The fourth-order valence-electron chi connectivity index (χ4n) is 1.96. The Morgan fingerprint density at radius 2 is 0.889 bits per heavy atom. The molecule has 0 atom stereocenters. The molecular formula is C16H16Br2. The van der Waals surface area contributed by atoms with Crippen LogP contribution in [0.2, 0.25) is 0 Å². The highest BCUT2D eigenvalue weighted by Gasteiger charge is 1.96. The molecule has 2 aromatic rings. The van der Waals surface area contributed by atoms with Gasteiger partial charge >= 0.3 is 0 Å². The topological polar surface area (TPSA) is 0 Å². The summed E-state index contributed by atoms with van der Waals surface area (Å²) in [5.74, 6) is 0. The van der Waals surface area contributed by atoms with Crippen LogP contribution in [0.3, 0.4) is 0 Å². The van der Waals surface area contributed by atoms with E-state index in [4.69, 9.17) is 0 Å². The zero-order valence-electron chi connectivity index (χ0n) is 10.2. The van der Waals surface area contributed by atoms with Gasteiger partial charge in [-0.25, -0.2) is 0 Å². The van der Waals surface area contributed by atoms with Crippen molar-refractivity contribution in [3.63, 3.8) is 0 Å². The maximum atomic E-state index is 3.46. The van der Waals surface area contributed by atoms with Crippen molar-refractivity contribution >= 4 is 31.9 Å². The molecule has 0 aliphatic heterocycles. The number of aryl methyl sites for hydroxylation is 2. The minimum absolute atomic E-state index is 1.15. The Hall–Kier alpha value is -0.600. The first-order chi connectivity index (χ1) is 8.74. The van der Waals surface area contributed by atoms with E-state index in [9.17, 15) is 0 Å². The van der Waals surface area contributed by atoms with Crippen LogP contribution in [0.4, 0.5) is 0 Å². The second-order valence-corrected chi connectivity index (χ2v) is 6.29. The molecule has 0 saturated carbocycles. The van der Waals surface area contributed by atoms with Crippen LogP contribution in [-0.2, 0) is 12.8 Å². The number of unbranched alkanes of at least 4 members (excludes halogenated alkanes) is 1. The van der Waals surface area contributed by atoms with Gasteiger partial charge in [-0.05, 0) is 61.1 Å². The molecule has 2 aromatic carbocycles. The molecule has 0 nitrogen and oxygen atoms in total. The molecule has 0 saturated heterocycles. The summed E-state index contributed by atoms with van der Waals surface area (Å²) < 4.78 is 2.31. The monoisotopic (exact) mass is 366 g/mol. The molecule has 2 rings (SSSR count). The molecule has 0 aliphatic carbocycles. The Kier molecular flexibility index (Phi) is 5.45. The van der Waals surface area contributed by atoms with Crippen LogP contribution in [0.25, 0.3) is 0 Å². The van der Waals surface area contributed by atoms with Crippen molar-refractivity contribution < 1.29 is 0 Å². The van der Waals surface area contributed by atoms with Crippen LogP contribution >= 0.6 is 31.9 Å². The maximum absolute atomic E-state index is 3.46. The summed E-state index contributed by atoms with van der Waals surface area (Å²) in [6.45, 7) is 0. The van der Waals surface area contributed by atoms with Crippen LogP contribution in [-0.4, -0.2) is 0 Å². The highest BCUT2D eigenvalue weighted by molar-refractivity contribution is 9.10. The summed E-state index contributed by atoms with van der Waals surface area (Å²) in [6, 6.07) is 17.3. The summed E-state index contributed by atoms with van der Waals surface area (Å²) in [7, 11) is 0. The molecule has 0 amide bonds. The zero-order chi connectivity index (χ0) is 12.8. The third-order valence-corrected chi connectivity index (χ3v) is 4.06. The van der Waals surface area contributed by atoms with Gasteiger partial charge < -0.3 is 0 Å². The van der Waals surface area contributed by atoms with Gasteiger partial charge in [-0.15, -0.1) is 0 Å². The van der Waals surface area contributed by atoms with Crippen molar-refractivity contribution in [1.29, 1.82) is 0 Å². The number of rotatable bonds is 5. The second-order valence-electron chi connectivity index (χ2n) is 4.46. The third-order valence-electron chi connectivity index (χ3n) is 3.01. The lowest BCUT2D eigenvalue weighted by Crippen LogP contribution is -1.89. The average molecular weight is 368 g/mol. The average Bonchev–Trinajstić information content (AvgIpc) is 2.39. The van der Waals surface area contributed by atoms with Crippen molar-refractivity contribution in [2.24, 2.45) is 0 Å². The highest BCUT2D eigenvalue weighted by atomic mass is 79.9. The molecule has 0 unspecified atom stereocenters. The van der Waals surface area contributed by atoms with Crippen LogP contribution < -0.4 is 0 Å². The number of halogens is 2. The zero-order valence-corrected chi connectivity index (χ0v) is 13.4. The van der Waals surface area contributed by atoms with Crippen molar-refractivity contribution in [2.45, 2.75) is 25.7 Å². The van der Waals surface area contributed by atoms with Crippen LogP contribution in [0, 0.1) is 0 Å². The van der Waals surface area contributed by atoms with E-state index in [2.05, 4.69) is 80.4 Å². The highest BCUT2D eigenvalue weighted by Crippen LogP contribution is 2.15. The molecule has 0 bridgehead atoms. The SMILES string of the molecule is Brc1ccc(CCCCc2ccc(Br)cc2)cc1. The lowest BCUT2D eigenvalue weighted by atomic mass is 10.0. The molecule has 0 heterocycles. The standard InChI is InChI=1S/C16H16Br2/c17-15-9-5-13(6-10-15)3-1-2-4-14-7-11-16(18)12-8-14/h5-12H,1-4H2. The summed E-state index contributed by atoms with van der Waals surface area (Å²) in [5.41, 5.74) is 2.85. The Labute approximate surface area is 126 Å². The fraction of sp³-hybridized carbons (Fsp3) is 0.250. The smallest absolute Gasteiger partial charge is 0.0175 e. The van der Waals surface area contributed by atoms with E-state index in [0.29, 0.717) is 0 Å². The van der Waals surface area contributed by atoms with Crippen molar-refractivity contribution in [1.82, 2.24) is 0 Å². The largest absolute Gasteiger partial charge is 0.0579 e. The molecule has 94 valence electrons. The van der Waals surface area contributed by atoms with Gasteiger partial charge in [0.05, 0.1) is 0 Å². The Balaban J connectivity index is 1.73. The van der Waals surface area contributed by atoms with Gasteiger partial charge in [-0.2, -0.15) is 0 Å². The number of benzene rings is 2. The summed E-state index contributed by atoms with van der Waals surface area (Å²) >= 11 is 6.92. The minimum Gasteiger partial charge on any atom is -0.0579 e. The van der Waals surface area contributed by atoms with Gasteiger partial charge in [0.1, 0.15) is 0 Å². The van der Waals surface area contributed by atoms with Gasteiger partial charge in [0, 0.05) is 8.95 Å². The minimum atomic E-state index is 1.15. The molecule has 0 N–H and O–H groups in total. The van der Waals surface area contributed by atoms with Crippen molar-refractivity contribution in [3.8, 4) is 0 Å². The normalized spacial score (nSPS) is 10.6. The quantitative estimate of drug-likeness (QED) is 0.588. The van der Waals surface area contributed by atoms with E-state index in [1.165, 1.54) is 36.8 Å². The van der Waals surface area contributed by atoms with Gasteiger partial charge in [0.25, 0.3) is 0 Å². The van der Waals surface area contributed by atoms with E-state index in [0.717, 1.165) is 8.95 Å². The maximum Gasteiger partial charge on any atom is 0.0175 e. The predicted molar refractivity (Wildman–Crippen MR) is 84.9 cm³/mol. The van der Waals surface area contributed by atoms with E-state index in [1.54, 1.807) is 0 Å². The van der Waals surface area contributed by atoms with Gasteiger partial charge in [0.15, 0.2) is 0 Å². The number of hydrogen-bond donors (Lipinski definition) is 0. The molecule has 0 aliphatic rings. The lowest BCUT2D eigenvalue weighted by molar-refractivity contribution is 0.734. The van der Waals surface area contributed by atoms with E-state index < -0.39 is 0 Å². The first-order valence-corrected chi connectivity index (χ1v) is 7.81. The molecule has 18 heavy (non-hydrogen) atoms. The van der Waals surface area contributed by atoms with E-state index in [-0.39, 0.29) is 0 Å². The predicted octanol–water partition coefficient (Wildman–Crippen LogP) is 5.78. The molecule has 2 heteroatoms. The molecule has 0 fully saturated rings. The second kappa shape index (κ2) is 7.10. The fourth-order valence-corrected chi connectivity index (χ4v) is 2.49. The Morgan fingerprint density at radius 3 is 1.22 bits per heavy atom. The van der Waals surface area contributed by atoms with E-state index >= 15 is 0 Å². The third kappa shape index (κ3) is 4.58. The van der Waals surface area contributed by atoms with Gasteiger partial charge in [-0.1, -0.05) is 56.1 Å². The van der Waals surface area contributed by atoms with Crippen LogP contribution in [0.15, 0.2) is 57.5 Å². The van der Waals surface area contributed by atoms with Crippen LogP contribution in [0.5, 0.6) is 0 Å². The summed E-state index contributed by atoms with van der Waals surface area (Å²) in [5, 5.41) is 0. The van der Waals surface area contributed by atoms with Crippen molar-refractivity contribution in [3.05, 3.63) is 68.6 Å². The number of hydrogen-bond acceptors (Lipinski definition) is 0. The summed E-state index contributed by atoms with van der Waals surface area (Å²) in [6.07, 6.45) is 4.84. The van der Waals surface area contributed by atoms with Crippen LogP contribution in [0.1, 0.15) is 24.0 Å². The molecule has 0 spiro atoms. The van der Waals surface area contributed by atoms with E-state index in [1.807, 2.05) is 0 Å². The van der Waals surface area contributed by atoms with Crippen molar-refractivity contribution in [2.75, 3.05) is 0 Å². The lowest BCUT2D eigenvalue weighted by Gasteiger charge is -2.03. The van der Waals surface area contributed by atoms with Gasteiger partial charge in [0.2, 0.25) is 0 Å².